The number of thiophene rings is 1. The largest absolute Gasteiger partial charge is 0.351 e. The zero-order chi connectivity index (χ0) is 19.1. The Morgan fingerprint density at radius 3 is 2.74 bits per heavy atom. The van der Waals surface area contributed by atoms with E-state index in [-0.39, 0.29) is 17.2 Å². The van der Waals surface area contributed by atoms with Crippen LogP contribution >= 0.6 is 11.3 Å². The van der Waals surface area contributed by atoms with Gasteiger partial charge in [0.1, 0.15) is 0 Å². The Morgan fingerprint density at radius 1 is 1.30 bits per heavy atom. The van der Waals surface area contributed by atoms with Crippen molar-refractivity contribution in [2.75, 3.05) is 13.1 Å². The second kappa shape index (κ2) is 7.04. The van der Waals surface area contributed by atoms with Gasteiger partial charge >= 0.3 is 0 Å². The van der Waals surface area contributed by atoms with E-state index >= 15 is 0 Å². The average molecular weight is 405 g/mol. The van der Waals surface area contributed by atoms with Crippen LogP contribution in [-0.2, 0) is 27.8 Å². The van der Waals surface area contributed by atoms with Crippen LogP contribution in [0.15, 0.2) is 46.7 Å². The molecule has 1 saturated heterocycles. The van der Waals surface area contributed by atoms with Gasteiger partial charge in [-0.2, -0.15) is 4.31 Å². The number of carbonyl (C=O) groups excluding carboxylic acids is 1. The lowest BCUT2D eigenvalue weighted by Crippen LogP contribution is -2.31. The van der Waals surface area contributed by atoms with Gasteiger partial charge in [0, 0.05) is 23.9 Å². The average Bonchev–Trinajstić information content (AvgIpc) is 3.03. The number of aryl methyl sites for hydroxylation is 1. The predicted octanol–water partition coefficient (Wildman–Crippen LogP) is 3.03. The highest BCUT2D eigenvalue weighted by Gasteiger charge is 2.62. The molecule has 4 rings (SSSR count). The maximum atomic E-state index is 12.9. The zero-order valence-electron chi connectivity index (χ0n) is 15.3. The minimum absolute atomic E-state index is 0.0509. The van der Waals surface area contributed by atoms with Crippen molar-refractivity contribution in [2.24, 2.45) is 11.3 Å². The highest BCUT2D eigenvalue weighted by atomic mass is 32.2. The van der Waals surface area contributed by atoms with E-state index in [0.717, 1.165) is 29.7 Å². The summed E-state index contributed by atoms with van der Waals surface area (Å²) >= 11 is 1.62. The van der Waals surface area contributed by atoms with Crippen LogP contribution < -0.4 is 5.32 Å². The topological polar surface area (TPSA) is 66.5 Å². The van der Waals surface area contributed by atoms with Crippen molar-refractivity contribution in [3.63, 3.8) is 0 Å². The first-order chi connectivity index (χ1) is 12.9. The first-order valence-corrected chi connectivity index (χ1v) is 11.7. The number of rotatable bonds is 6. The lowest BCUT2D eigenvalue weighted by molar-refractivity contribution is -0.123. The summed E-state index contributed by atoms with van der Waals surface area (Å²) in [7, 11) is -3.49. The molecule has 5 nitrogen and oxygen atoms in total. The van der Waals surface area contributed by atoms with Crippen LogP contribution in [-0.4, -0.2) is 31.7 Å². The molecule has 27 heavy (non-hydrogen) atoms. The fraction of sp³-hybridized carbons (Fsp3) is 0.450. The molecular formula is C20H24N2O3S2. The number of benzene rings is 1. The Labute approximate surface area is 164 Å². The maximum absolute atomic E-state index is 12.9. The number of nitrogens with one attached hydrogen (secondary N) is 1. The number of hydrogen-bond donors (Lipinski definition) is 1. The van der Waals surface area contributed by atoms with Gasteiger partial charge in [-0.3, -0.25) is 4.79 Å². The first-order valence-electron chi connectivity index (χ1n) is 9.34. The molecule has 2 atom stereocenters. The number of nitrogens with zero attached hydrogens (tertiary/aromatic N) is 1. The molecule has 2 fully saturated rings. The fourth-order valence-electron chi connectivity index (χ4n) is 3.99. The van der Waals surface area contributed by atoms with Crippen molar-refractivity contribution in [3.8, 4) is 0 Å². The standard InChI is InChI=1S/C20H24N2O3S2/c1-2-15-5-7-17(8-6-15)27(24,25)22-10-9-20(14-22)12-18(20)19(23)21-13-16-4-3-11-26-16/h3-8,11,18H,2,9-10,12-14H2,1H3,(H,21,23)/t18-,20+/m0/s1. The molecule has 2 heterocycles. The first kappa shape index (κ1) is 18.7. The molecule has 1 spiro atoms. The molecule has 1 aliphatic heterocycles. The highest BCUT2D eigenvalue weighted by molar-refractivity contribution is 7.89. The molecule has 2 aromatic rings. The van der Waals surface area contributed by atoms with Crippen molar-refractivity contribution in [1.82, 2.24) is 9.62 Å². The number of amides is 1. The molecule has 1 N–H and O–H groups in total. The minimum Gasteiger partial charge on any atom is -0.351 e. The molecular weight excluding hydrogens is 380 g/mol. The van der Waals surface area contributed by atoms with Gasteiger partial charge in [0.25, 0.3) is 0 Å². The van der Waals surface area contributed by atoms with Gasteiger partial charge in [-0.25, -0.2) is 8.42 Å². The quantitative estimate of drug-likeness (QED) is 0.805. The Morgan fingerprint density at radius 2 is 2.07 bits per heavy atom. The van der Waals surface area contributed by atoms with Crippen molar-refractivity contribution in [3.05, 3.63) is 52.2 Å². The van der Waals surface area contributed by atoms with Crippen LogP contribution in [0.5, 0.6) is 0 Å². The van der Waals surface area contributed by atoms with Crippen LogP contribution in [0.4, 0.5) is 0 Å². The summed E-state index contributed by atoms with van der Waals surface area (Å²) in [6.45, 7) is 3.54. The Balaban J connectivity index is 1.39. The molecule has 0 bridgehead atoms. The molecule has 1 aromatic heterocycles. The lowest BCUT2D eigenvalue weighted by atomic mass is 10.0. The summed E-state index contributed by atoms with van der Waals surface area (Å²) in [5, 5.41) is 4.99. The van der Waals surface area contributed by atoms with E-state index in [1.165, 1.54) is 0 Å². The predicted molar refractivity (Wildman–Crippen MR) is 106 cm³/mol. The van der Waals surface area contributed by atoms with Crippen molar-refractivity contribution >= 4 is 27.3 Å². The smallest absolute Gasteiger partial charge is 0.243 e. The van der Waals surface area contributed by atoms with E-state index < -0.39 is 10.0 Å². The Kier molecular flexibility index (Phi) is 4.86. The molecule has 0 unspecified atom stereocenters. The second-order valence-electron chi connectivity index (χ2n) is 7.50. The van der Waals surface area contributed by atoms with Crippen molar-refractivity contribution in [1.29, 1.82) is 0 Å². The normalized spacial score (nSPS) is 25.0. The highest BCUT2D eigenvalue weighted by Crippen LogP contribution is 2.59. The number of hydrogen-bond acceptors (Lipinski definition) is 4. The maximum Gasteiger partial charge on any atom is 0.243 e. The molecule has 1 amide bonds. The summed E-state index contributed by atoms with van der Waals surface area (Å²) < 4.78 is 27.4. The Hall–Kier alpha value is -1.70. The van der Waals surface area contributed by atoms with E-state index in [2.05, 4.69) is 5.32 Å². The van der Waals surface area contributed by atoms with Gasteiger partial charge in [-0.15, -0.1) is 11.3 Å². The summed E-state index contributed by atoms with van der Waals surface area (Å²) in [4.78, 5) is 14.0. The molecule has 7 heteroatoms. The molecule has 2 aliphatic rings. The molecule has 1 aromatic carbocycles. The van der Waals surface area contributed by atoms with Crippen LogP contribution in [0.1, 0.15) is 30.2 Å². The van der Waals surface area contributed by atoms with Gasteiger partial charge in [0.05, 0.1) is 11.4 Å². The molecule has 1 aliphatic carbocycles. The minimum atomic E-state index is -3.49. The third-order valence-electron chi connectivity index (χ3n) is 5.84. The van der Waals surface area contributed by atoms with Crippen molar-refractivity contribution in [2.45, 2.75) is 37.6 Å². The van der Waals surface area contributed by atoms with E-state index in [1.54, 1.807) is 27.8 Å². The summed E-state index contributed by atoms with van der Waals surface area (Å²) in [5.41, 5.74) is 0.951. The molecule has 144 valence electrons. The molecule has 0 radical (unpaired) electrons. The van der Waals surface area contributed by atoms with E-state index in [0.29, 0.717) is 24.5 Å². The third kappa shape index (κ3) is 3.56. The van der Waals surface area contributed by atoms with Gasteiger partial charge < -0.3 is 5.32 Å². The Bertz CT molecular complexity index is 923. The van der Waals surface area contributed by atoms with Gasteiger partial charge in [0.2, 0.25) is 15.9 Å². The van der Waals surface area contributed by atoms with E-state index in [1.807, 2.05) is 36.6 Å². The number of carbonyl (C=O) groups is 1. The van der Waals surface area contributed by atoms with E-state index in [4.69, 9.17) is 0 Å². The second-order valence-corrected chi connectivity index (χ2v) is 10.5. The van der Waals surface area contributed by atoms with Crippen LogP contribution in [0.25, 0.3) is 0 Å². The summed E-state index contributed by atoms with van der Waals surface area (Å²) in [6, 6.07) is 11.1. The van der Waals surface area contributed by atoms with Gasteiger partial charge in [-0.05, 0) is 53.8 Å². The van der Waals surface area contributed by atoms with Gasteiger partial charge in [-0.1, -0.05) is 25.1 Å². The van der Waals surface area contributed by atoms with Crippen LogP contribution in [0, 0.1) is 11.3 Å². The summed E-state index contributed by atoms with van der Waals surface area (Å²) in [5.74, 6) is -0.0184. The van der Waals surface area contributed by atoms with Crippen molar-refractivity contribution < 1.29 is 13.2 Å². The van der Waals surface area contributed by atoms with Crippen LogP contribution in [0.3, 0.4) is 0 Å². The SMILES string of the molecule is CCc1ccc(S(=O)(=O)N2CC[C@@]3(C[C@H]3C(=O)NCc3cccs3)C2)cc1. The van der Waals surface area contributed by atoms with Gasteiger partial charge in [0.15, 0.2) is 0 Å². The van der Waals surface area contributed by atoms with E-state index in [9.17, 15) is 13.2 Å². The third-order valence-corrected chi connectivity index (χ3v) is 8.58. The molecule has 1 saturated carbocycles. The zero-order valence-corrected chi connectivity index (χ0v) is 17.0. The summed E-state index contributed by atoms with van der Waals surface area (Å²) in [6.07, 6.45) is 2.43. The van der Waals surface area contributed by atoms with Crippen LogP contribution in [0.2, 0.25) is 0 Å². The fourth-order valence-corrected chi connectivity index (χ4v) is 6.17. The monoisotopic (exact) mass is 404 g/mol. The lowest BCUT2D eigenvalue weighted by Gasteiger charge is -2.17. The number of sulfonamides is 1.